The maximum atomic E-state index is 10.3. The average Bonchev–Trinajstić information content (AvgIpc) is 2.41. The monoisotopic (exact) mass is 277 g/mol. The Morgan fingerprint density at radius 2 is 2.00 bits per heavy atom. The normalized spacial score (nSPS) is 17.0. The highest BCUT2D eigenvalue weighted by molar-refractivity contribution is 5.28. The van der Waals surface area contributed by atoms with Gasteiger partial charge in [-0.3, -0.25) is 0 Å². The molecule has 1 fully saturated rings. The second-order valence-corrected chi connectivity index (χ2v) is 5.95. The summed E-state index contributed by atoms with van der Waals surface area (Å²) in [6, 6.07) is 7.82. The average molecular weight is 277 g/mol. The van der Waals surface area contributed by atoms with Gasteiger partial charge in [-0.15, -0.1) is 0 Å². The molecule has 20 heavy (non-hydrogen) atoms. The van der Waals surface area contributed by atoms with Crippen LogP contribution in [0, 0.1) is 5.92 Å². The van der Waals surface area contributed by atoms with Crippen LogP contribution in [0.25, 0.3) is 0 Å². The Hall–Kier alpha value is -1.06. The van der Waals surface area contributed by atoms with Gasteiger partial charge in [-0.05, 0) is 49.9 Å². The molecule has 1 saturated carbocycles. The van der Waals surface area contributed by atoms with Crippen LogP contribution in [0.4, 0.5) is 0 Å². The minimum atomic E-state index is -0.416. The topological polar surface area (TPSA) is 32.7 Å². The highest BCUT2D eigenvalue weighted by Gasteiger charge is 2.20. The Balaban J connectivity index is 1.79. The first-order valence-electron chi connectivity index (χ1n) is 7.78. The molecule has 0 aromatic heterocycles. The third-order valence-electron chi connectivity index (χ3n) is 4.02. The van der Waals surface area contributed by atoms with Crippen molar-refractivity contribution in [2.24, 2.45) is 5.92 Å². The van der Waals surface area contributed by atoms with Crippen LogP contribution in [-0.2, 0) is 0 Å². The molecule has 3 nitrogen and oxygen atoms in total. The Morgan fingerprint density at radius 1 is 1.30 bits per heavy atom. The van der Waals surface area contributed by atoms with Crippen LogP contribution < -0.4 is 4.74 Å². The van der Waals surface area contributed by atoms with Gasteiger partial charge in [-0.1, -0.05) is 25.5 Å². The molecule has 1 atom stereocenters. The third-order valence-corrected chi connectivity index (χ3v) is 4.02. The van der Waals surface area contributed by atoms with Crippen molar-refractivity contribution in [1.29, 1.82) is 0 Å². The van der Waals surface area contributed by atoms with Crippen molar-refractivity contribution >= 4 is 0 Å². The molecule has 112 valence electrons. The lowest BCUT2D eigenvalue weighted by Gasteiger charge is -2.31. The summed E-state index contributed by atoms with van der Waals surface area (Å²) in [6.07, 6.45) is 4.67. The molecular weight excluding hydrogens is 250 g/mol. The molecular formula is C17H27NO2. The summed E-state index contributed by atoms with van der Waals surface area (Å²) >= 11 is 0. The molecule has 0 bridgehead atoms. The molecule has 3 heteroatoms. The molecule has 1 N–H and O–H groups in total. The van der Waals surface area contributed by atoms with Crippen LogP contribution in [0.15, 0.2) is 24.3 Å². The van der Waals surface area contributed by atoms with Crippen molar-refractivity contribution in [2.45, 2.75) is 38.7 Å². The number of nitrogens with zero attached hydrogens (tertiary/aromatic N) is 1. The van der Waals surface area contributed by atoms with E-state index in [4.69, 9.17) is 4.74 Å². The molecule has 1 unspecified atom stereocenters. The van der Waals surface area contributed by atoms with Crippen molar-refractivity contribution in [3.05, 3.63) is 29.8 Å². The van der Waals surface area contributed by atoms with E-state index in [-0.39, 0.29) is 0 Å². The van der Waals surface area contributed by atoms with Crippen LogP contribution >= 0.6 is 0 Å². The standard InChI is InChI=1S/C17H27NO2/c1-3-11-20-16-9-7-15(8-10-16)17(19)13-18(2)12-14-5-4-6-14/h7-10,14,17,19H,3-6,11-13H2,1-2H3. The maximum Gasteiger partial charge on any atom is 0.119 e. The molecule has 2 rings (SSSR count). The van der Waals surface area contributed by atoms with Crippen molar-refractivity contribution < 1.29 is 9.84 Å². The fourth-order valence-electron chi connectivity index (χ4n) is 2.60. The summed E-state index contributed by atoms with van der Waals surface area (Å²) in [4.78, 5) is 2.25. The first-order chi connectivity index (χ1) is 9.69. The molecule has 0 spiro atoms. The lowest BCUT2D eigenvalue weighted by molar-refractivity contribution is 0.107. The zero-order valence-electron chi connectivity index (χ0n) is 12.7. The third kappa shape index (κ3) is 4.50. The lowest BCUT2D eigenvalue weighted by atomic mass is 9.85. The van der Waals surface area contributed by atoms with Gasteiger partial charge in [-0.25, -0.2) is 0 Å². The first-order valence-corrected chi connectivity index (χ1v) is 7.78. The number of benzene rings is 1. The predicted octanol–water partition coefficient (Wildman–Crippen LogP) is 3.24. The zero-order chi connectivity index (χ0) is 14.4. The Morgan fingerprint density at radius 3 is 2.55 bits per heavy atom. The van der Waals surface area contributed by atoms with Gasteiger partial charge >= 0.3 is 0 Å². The van der Waals surface area contributed by atoms with E-state index in [0.717, 1.165) is 36.8 Å². The second-order valence-electron chi connectivity index (χ2n) is 5.95. The summed E-state index contributed by atoms with van der Waals surface area (Å²) in [5.74, 6) is 1.72. The van der Waals surface area contributed by atoms with Crippen molar-refractivity contribution in [2.75, 3.05) is 26.7 Å². The summed E-state index contributed by atoms with van der Waals surface area (Å²) in [7, 11) is 2.10. The van der Waals surface area contributed by atoms with E-state index in [9.17, 15) is 5.11 Å². The summed E-state index contributed by atoms with van der Waals surface area (Å²) in [6.45, 7) is 4.64. The van der Waals surface area contributed by atoms with Crippen molar-refractivity contribution in [1.82, 2.24) is 4.90 Å². The van der Waals surface area contributed by atoms with Gasteiger partial charge < -0.3 is 14.7 Å². The largest absolute Gasteiger partial charge is 0.494 e. The van der Waals surface area contributed by atoms with E-state index < -0.39 is 6.10 Å². The van der Waals surface area contributed by atoms with E-state index in [2.05, 4.69) is 18.9 Å². The zero-order valence-corrected chi connectivity index (χ0v) is 12.7. The fraction of sp³-hybridized carbons (Fsp3) is 0.647. The fourth-order valence-corrected chi connectivity index (χ4v) is 2.60. The first kappa shape index (κ1) is 15.3. The van der Waals surface area contributed by atoms with Crippen molar-refractivity contribution in [3.63, 3.8) is 0 Å². The summed E-state index contributed by atoms with van der Waals surface area (Å²) < 4.78 is 5.55. The molecule has 0 radical (unpaired) electrons. The Labute approximate surface area is 122 Å². The van der Waals surface area contributed by atoms with Crippen LogP contribution in [0.1, 0.15) is 44.3 Å². The number of hydrogen-bond donors (Lipinski definition) is 1. The Kier molecular flexibility index (Phi) is 5.86. The lowest BCUT2D eigenvalue weighted by Crippen LogP contribution is -2.32. The molecule has 0 amide bonds. The number of likely N-dealkylation sites (N-methyl/N-ethyl adjacent to an activating group) is 1. The molecule has 0 saturated heterocycles. The van der Waals surface area contributed by atoms with Crippen LogP contribution in [0.3, 0.4) is 0 Å². The van der Waals surface area contributed by atoms with Gasteiger partial charge in [0.1, 0.15) is 5.75 Å². The quantitative estimate of drug-likeness (QED) is 0.792. The van der Waals surface area contributed by atoms with Crippen LogP contribution in [0.2, 0.25) is 0 Å². The number of ether oxygens (including phenoxy) is 1. The molecule has 1 aromatic carbocycles. The summed E-state index contributed by atoms with van der Waals surface area (Å²) in [5, 5.41) is 10.3. The number of hydrogen-bond acceptors (Lipinski definition) is 3. The van der Waals surface area contributed by atoms with E-state index in [1.54, 1.807) is 0 Å². The van der Waals surface area contributed by atoms with Gasteiger partial charge in [0.15, 0.2) is 0 Å². The van der Waals surface area contributed by atoms with Gasteiger partial charge in [0.05, 0.1) is 12.7 Å². The number of aliphatic hydroxyl groups excluding tert-OH is 1. The van der Waals surface area contributed by atoms with Crippen LogP contribution in [0.5, 0.6) is 5.75 Å². The number of rotatable bonds is 8. The van der Waals surface area contributed by atoms with E-state index >= 15 is 0 Å². The minimum Gasteiger partial charge on any atom is -0.494 e. The molecule has 0 heterocycles. The summed E-state index contributed by atoms with van der Waals surface area (Å²) in [5.41, 5.74) is 0.967. The molecule has 0 aliphatic heterocycles. The van der Waals surface area contributed by atoms with E-state index in [0.29, 0.717) is 6.54 Å². The van der Waals surface area contributed by atoms with Crippen molar-refractivity contribution in [3.8, 4) is 5.75 Å². The molecule has 1 aliphatic rings. The predicted molar refractivity (Wildman–Crippen MR) is 82.0 cm³/mol. The smallest absolute Gasteiger partial charge is 0.119 e. The van der Waals surface area contributed by atoms with Gasteiger partial charge in [0.25, 0.3) is 0 Å². The van der Waals surface area contributed by atoms with Crippen LogP contribution in [-0.4, -0.2) is 36.8 Å². The Bertz CT molecular complexity index is 386. The van der Waals surface area contributed by atoms with E-state index in [1.165, 1.54) is 19.3 Å². The highest BCUT2D eigenvalue weighted by atomic mass is 16.5. The van der Waals surface area contributed by atoms with Gasteiger partial charge in [0, 0.05) is 13.1 Å². The minimum absolute atomic E-state index is 0.416. The SMILES string of the molecule is CCCOc1ccc(C(O)CN(C)CC2CCC2)cc1. The van der Waals surface area contributed by atoms with Gasteiger partial charge in [0.2, 0.25) is 0 Å². The highest BCUT2D eigenvalue weighted by Crippen LogP contribution is 2.27. The molecule has 1 aromatic rings. The van der Waals surface area contributed by atoms with Gasteiger partial charge in [-0.2, -0.15) is 0 Å². The number of aliphatic hydroxyl groups is 1. The molecule has 1 aliphatic carbocycles. The maximum absolute atomic E-state index is 10.3. The van der Waals surface area contributed by atoms with E-state index in [1.807, 2.05) is 24.3 Å². The second kappa shape index (κ2) is 7.65.